The highest BCUT2D eigenvalue weighted by atomic mass is 16.2. The van der Waals surface area contributed by atoms with Crippen LogP contribution in [0.4, 0.5) is 5.69 Å². The van der Waals surface area contributed by atoms with Gasteiger partial charge >= 0.3 is 0 Å². The number of hydrogen-bond donors (Lipinski definition) is 1. The fourth-order valence-corrected chi connectivity index (χ4v) is 3.05. The van der Waals surface area contributed by atoms with Gasteiger partial charge in [0.15, 0.2) is 0 Å². The Morgan fingerprint density at radius 3 is 3.04 bits per heavy atom. The highest BCUT2D eigenvalue weighted by Crippen LogP contribution is 2.21. The zero-order valence-corrected chi connectivity index (χ0v) is 14.2. The van der Waals surface area contributed by atoms with Gasteiger partial charge in [-0.05, 0) is 66.9 Å². The van der Waals surface area contributed by atoms with E-state index < -0.39 is 0 Å². The van der Waals surface area contributed by atoms with Gasteiger partial charge in [0.2, 0.25) is 5.91 Å². The van der Waals surface area contributed by atoms with E-state index in [0.29, 0.717) is 5.92 Å². The van der Waals surface area contributed by atoms with Gasteiger partial charge in [0.05, 0.1) is 11.7 Å². The topological polar surface area (TPSA) is 75.9 Å². The largest absolute Gasteiger partial charge is 0.325 e. The van der Waals surface area contributed by atoms with Crippen LogP contribution in [0.15, 0.2) is 30.6 Å². The molecule has 0 spiro atoms. The lowest BCUT2D eigenvalue weighted by Gasteiger charge is -2.24. The van der Waals surface area contributed by atoms with Crippen LogP contribution >= 0.6 is 0 Å². The molecule has 0 radical (unpaired) electrons. The maximum absolute atomic E-state index is 12.7. The number of hydrogen-bond acceptors (Lipinski definition) is 5. The van der Waals surface area contributed by atoms with Crippen molar-refractivity contribution in [2.75, 3.05) is 18.4 Å². The molecule has 0 aliphatic carbocycles. The molecule has 128 valence electrons. The summed E-state index contributed by atoms with van der Waals surface area (Å²) in [7, 11) is 0. The van der Waals surface area contributed by atoms with E-state index in [1.807, 2.05) is 24.3 Å². The molecule has 2 aromatic rings. The molecule has 1 unspecified atom stereocenters. The lowest BCUT2D eigenvalue weighted by Crippen LogP contribution is -2.40. The van der Waals surface area contributed by atoms with Gasteiger partial charge in [0, 0.05) is 5.69 Å². The lowest BCUT2D eigenvalue weighted by molar-refractivity contribution is -0.120. The fourth-order valence-electron chi connectivity index (χ4n) is 3.05. The van der Waals surface area contributed by atoms with Gasteiger partial charge < -0.3 is 5.32 Å². The predicted molar refractivity (Wildman–Crippen MR) is 91.8 cm³/mol. The summed E-state index contributed by atoms with van der Waals surface area (Å²) in [6.45, 7) is 6.43. The molecule has 1 aliphatic rings. The van der Waals surface area contributed by atoms with Crippen molar-refractivity contribution >= 4 is 11.6 Å². The monoisotopic (exact) mass is 328 g/mol. The number of tetrazole rings is 1. The average Bonchev–Trinajstić information content (AvgIpc) is 3.24. The third kappa shape index (κ3) is 3.97. The van der Waals surface area contributed by atoms with Gasteiger partial charge in [-0.2, -0.15) is 0 Å². The number of aromatic nitrogens is 4. The molecule has 7 nitrogen and oxygen atoms in total. The molecule has 0 saturated carbocycles. The summed E-state index contributed by atoms with van der Waals surface area (Å²) >= 11 is 0. The maximum atomic E-state index is 12.7. The first-order valence-corrected chi connectivity index (χ1v) is 8.52. The molecule has 1 aromatic carbocycles. The second-order valence-corrected chi connectivity index (χ2v) is 6.67. The first-order chi connectivity index (χ1) is 11.6. The number of amides is 1. The van der Waals surface area contributed by atoms with Crippen molar-refractivity contribution < 1.29 is 4.79 Å². The minimum absolute atomic E-state index is 0.0274. The van der Waals surface area contributed by atoms with E-state index in [-0.39, 0.29) is 11.9 Å². The van der Waals surface area contributed by atoms with E-state index in [1.165, 1.54) is 6.33 Å². The maximum Gasteiger partial charge on any atom is 0.241 e. The molecular weight excluding hydrogens is 304 g/mol. The van der Waals surface area contributed by atoms with Gasteiger partial charge in [-0.3, -0.25) is 9.69 Å². The summed E-state index contributed by atoms with van der Waals surface area (Å²) in [5, 5.41) is 14.2. The fraction of sp³-hybridized carbons (Fsp3) is 0.529. The second-order valence-electron chi connectivity index (χ2n) is 6.67. The molecule has 1 fully saturated rings. The van der Waals surface area contributed by atoms with Crippen LogP contribution in [-0.4, -0.2) is 50.1 Å². The standard InChI is InChI=1S/C17H24N6O/c1-13(2)8-10-22-9-4-7-16(22)17(24)19-14-5-3-6-15(11-14)23-12-18-20-21-23/h3,5-6,11-13,16H,4,7-10H2,1-2H3,(H,19,24). The number of nitrogens with one attached hydrogen (secondary N) is 1. The van der Waals surface area contributed by atoms with Crippen molar-refractivity contribution in [1.29, 1.82) is 0 Å². The quantitative estimate of drug-likeness (QED) is 0.879. The zero-order valence-electron chi connectivity index (χ0n) is 14.2. The van der Waals surface area contributed by atoms with Crippen LogP contribution in [0.25, 0.3) is 5.69 Å². The van der Waals surface area contributed by atoms with E-state index in [9.17, 15) is 4.79 Å². The summed E-state index contributed by atoms with van der Waals surface area (Å²) in [6, 6.07) is 7.52. The van der Waals surface area contributed by atoms with Gasteiger partial charge in [-0.15, -0.1) is 5.10 Å². The molecule has 24 heavy (non-hydrogen) atoms. The normalized spacial score (nSPS) is 18.2. The van der Waals surface area contributed by atoms with E-state index in [4.69, 9.17) is 0 Å². The molecule has 0 bridgehead atoms. The summed E-state index contributed by atoms with van der Waals surface area (Å²) in [4.78, 5) is 15.0. The van der Waals surface area contributed by atoms with Crippen LogP contribution in [0.5, 0.6) is 0 Å². The van der Waals surface area contributed by atoms with Crippen LogP contribution < -0.4 is 5.32 Å². The number of nitrogens with zero attached hydrogens (tertiary/aromatic N) is 5. The number of carbonyl (C=O) groups is 1. The molecule has 7 heteroatoms. The molecule has 1 saturated heterocycles. The number of benzene rings is 1. The third-order valence-electron chi connectivity index (χ3n) is 4.39. The first-order valence-electron chi connectivity index (χ1n) is 8.52. The summed E-state index contributed by atoms with van der Waals surface area (Å²) in [5.74, 6) is 0.729. The van der Waals surface area contributed by atoms with Crippen molar-refractivity contribution in [2.24, 2.45) is 5.92 Å². The Kier molecular flexibility index (Phi) is 5.20. The summed E-state index contributed by atoms with van der Waals surface area (Å²) in [6.07, 6.45) is 4.67. The average molecular weight is 328 g/mol. The number of likely N-dealkylation sites (tertiary alicyclic amines) is 1. The smallest absolute Gasteiger partial charge is 0.241 e. The van der Waals surface area contributed by atoms with E-state index >= 15 is 0 Å². The zero-order chi connectivity index (χ0) is 16.9. The Morgan fingerprint density at radius 1 is 1.42 bits per heavy atom. The molecule has 3 rings (SSSR count). The van der Waals surface area contributed by atoms with Crippen molar-refractivity contribution in [3.8, 4) is 5.69 Å². The highest BCUT2D eigenvalue weighted by molar-refractivity contribution is 5.95. The van der Waals surface area contributed by atoms with Gasteiger partial charge in [0.1, 0.15) is 6.33 Å². The SMILES string of the molecule is CC(C)CCN1CCCC1C(=O)Nc1cccc(-n2cnnn2)c1. The first kappa shape index (κ1) is 16.6. The predicted octanol–water partition coefficient (Wildman–Crippen LogP) is 2.11. The van der Waals surface area contributed by atoms with Crippen LogP contribution in [0.1, 0.15) is 33.1 Å². The van der Waals surface area contributed by atoms with Crippen molar-refractivity contribution in [3.63, 3.8) is 0 Å². The van der Waals surface area contributed by atoms with Crippen LogP contribution in [0.3, 0.4) is 0 Å². The molecule has 1 aromatic heterocycles. The highest BCUT2D eigenvalue weighted by Gasteiger charge is 2.30. The third-order valence-corrected chi connectivity index (χ3v) is 4.39. The Hall–Kier alpha value is -2.28. The summed E-state index contributed by atoms with van der Waals surface area (Å²) in [5.41, 5.74) is 1.59. The molecule has 2 heterocycles. The van der Waals surface area contributed by atoms with Crippen molar-refractivity contribution in [1.82, 2.24) is 25.1 Å². The van der Waals surface area contributed by atoms with Crippen molar-refractivity contribution in [2.45, 2.75) is 39.2 Å². The van der Waals surface area contributed by atoms with E-state index in [0.717, 1.165) is 43.7 Å². The van der Waals surface area contributed by atoms with E-state index in [2.05, 4.69) is 39.6 Å². The van der Waals surface area contributed by atoms with E-state index in [1.54, 1.807) is 4.68 Å². The van der Waals surface area contributed by atoms with Gasteiger partial charge in [-0.25, -0.2) is 4.68 Å². The number of carbonyl (C=O) groups excluding carboxylic acids is 1. The Morgan fingerprint density at radius 2 is 2.29 bits per heavy atom. The van der Waals surface area contributed by atoms with Gasteiger partial charge in [-0.1, -0.05) is 19.9 Å². The molecular formula is C17H24N6O. The number of anilines is 1. The van der Waals surface area contributed by atoms with Crippen LogP contribution in [-0.2, 0) is 4.79 Å². The Labute approximate surface area is 142 Å². The molecule has 1 aliphatic heterocycles. The molecule has 1 N–H and O–H groups in total. The number of rotatable bonds is 6. The minimum atomic E-state index is -0.0274. The van der Waals surface area contributed by atoms with Crippen LogP contribution in [0, 0.1) is 5.92 Å². The van der Waals surface area contributed by atoms with Crippen molar-refractivity contribution in [3.05, 3.63) is 30.6 Å². The molecule has 1 atom stereocenters. The minimum Gasteiger partial charge on any atom is -0.325 e. The summed E-state index contributed by atoms with van der Waals surface area (Å²) < 4.78 is 1.57. The second kappa shape index (κ2) is 7.53. The van der Waals surface area contributed by atoms with Crippen LogP contribution in [0.2, 0.25) is 0 Å². The molecule has 1 amide bonds. The lowest BCUT2D eigenvalue weighted by atomic mass is 10.1. The Bertz CT molecular complexity index is 669. The Balaban J connectivity index is 1.65. The van der Waals surface area contributed by atoms with Gasteiger partial charge in [0.25, 0.3) is 0 Å².